The van der Waals surface area contributed by atoms with Gasteiger partial charge in [-0.1, -0.05) is 0 Å². The van der Waals surface area contributed by atoms with Gasteiger partial charge in [0.25, 0.3) is 5.91 Å². The van der Waals surface area contributed by atoms with E-state index < -0.39 is 21.2 Å². The fourth-order valence-corrected chi connectivity index (χ4v) is 4.78. The standard InChI is InChI=1S/C21H21ClF2N6O3S/c1-34(25,32)16-7-9-30(12-16)19-17(18-6-8-27-29-18)10-13(11-26-19)20(31)28-14-2-4-15(5-3-14)33-21(22,23)24/h2-6,8,10-11,16,25H,7,9,12H2,1H3,(H,27,29)(H,28,31)/t16-,34?/m1/s1. The van der Waals surface area contributed by atoms with Crippen LogP contribution in [0.3, 0.4) is 0 Å². The first-order valence-corrected chi connectivity index (χ1v) is 12.5. The van der Waals surface area contributed by atoms with E-state index in [2.05, 4.69) is 25.2 Å². The Morgan fingerprint density at radius 1 is 1.35 bits per heavy atom. The molecule has 4 rings (SSSR count). The lowest BCUT2D eigenvalue weighted by Crippen LogP contribution is -2.26. The second kappa shape index (κ2) is 9.18. The summed E-state index contributed by atoms with van der Waals surface area (Å²) in [6, 6.07) is 8.72. The van der Waals surface area contributed by atoms with E-state index in [1.54, 1.807) is 18.3 Å². The molecule has 1 aliphatic heterocycles. The molecule has 1 fully saturated rings. The van der Waals surface area contributed by atoms with Crippen LogP contribution in [0.4, 0.5) is 20.3 Å². The van der Waals surface area contributed by atoms with Crippen LogP contribution in [0.1, 0.15) is 16.8 Å². The molecule has 0 radical (unpaired) electrons. The number of carbonyl (C=O) groups is 1. The van der Waals surface area contributed by atoms with E-state index in [1.165, 1.54) is 36.7 Å². The van der Waals surface area contributed by atoms with Gasteiger partial charge in [0, 0.05) is 64.3 Å². The molecule has 1 saturated heterocycles. The molecular weight excluding hydrogens is 490 g/mol. The Balaban J connectivity index is 1.56. The molecular formula is C21H21ClF2N6O3S. The van der Waals surface area contributed by atoms with E-state index in [4.69, 9.17) is 16.4 Å². The monoisotopic (exact) mass is 510 g/mol. The fraction of sp³-hybridized carbons (Fsp3) is 0.286. The molecule has 0 aliphatic carbocycles. The average molecular weight is 511 g/mol. The van der Waals surface area contributed by atoms with Gasteiger partial charge in [-0.2, -0.15) is 5.10 Å². The minimum atomic E-state index is -3.83. The summed E-state index contributed by atoms with van der Waals surface area (Å²) in [5, 5.41) is 9.26. The Hall–Kier alpha value is -3.25. The van der Waals surface area contributed by atoms with Crippen LogP contribution >= 0.6 is 11.6 Å². The second-order valence-electron chi connectivity index (χ2n) is 7.85. The molecule has 1 amide bonds. The highest BCUT2D eigenvalue weighted by atomic mass is 35.5. The van der Waals surface area contributed by atoms with Gasteiger partial charge < -0.3 is 15.0 Å². The molecule has 3 N–H and O–H groups in total. The summed E-state index contributed by atoms with van der Waals surface area (Å²) < 4.78 is 49.8. The number of hydrogen-bond donors (Lipinski definition) is 3. The molecule has 1 unspecified atom stereocenters. The van der Waals surface area contributed by atoms with Gasteiger partial charge >= 0.3 is 5.57 Å². The van der Waals surface area contributed by atoms with E-state index >= 15 is 0 Å². The number of hydrogen-bond acceptors (Lipinski definition) is 7. The van der Waals surface area contributed by atoms with Gasteiger partial charge in [-0.25, -0.2) is 9.19 Å². The minimum Gasteiger partial charge on any atom is -0.420 e. The molecule has 34 heavy (non-hydrogen) atoms. The molecule has 13 heteroatoms. The zero-order chi connectivity index (χ0) is 24.5. The molecule has 3 heterocycles. The first kappa shape index (κ1) is 23.9. The molecule has 2 aromatic heterocycles. The molecule has 1 aromatic carbocycles. The van der Waals surface area contributed by atoms with Crippen LogP contribution in [0.2, 0.25) is 0 Å². The summed E-state index contributed by atoms with van der Waals surface area (Å²) in [4.78, 5) is 19.3. The lowest BCUT2D eigenvalue weighted by atomic mass is 10.1. The molecule has 0 spiro atoms. The molecule has 2 atom stereocenters. The predicted octanol–water partition coefficient (Wildman–Crippen LogP) is 4.15. The van der Waals surface area contributed by atoms with Crippen LogP contribution in [0, 0.1) is 4.78 Å². The summed E-state index contributed by atoms with van der Waals surface area (Å²) in [5.41, 5.74) is -1.93. The number of ether oxygens (including phenoxy) is 1. The maximum Gasteiger partial charge on any atom is 0.487 e. The Bertz CT molecular complexity index is 1280. The normalized spacial score (nSPS) is 17.9. The van der Waals surface area contributed by atoms with Crippen molar-refractivity contribution in [2.24, 2.45) is 0 Å². The number of aromatic amines is 1. The van der Waals surface area contributed by atoms with Crippen molar-refractivity contribution in [3.8, 4) is 17.0 Å². The first-order chi connectivity index (χ1) is 16.0. The van der Waals surface area contributed by atoms with E-state index in [0.29, 0.717) is 42.3 Å². The smallest absolute Gasteiger partial charge is 0.420 e. The van der Waals surface area contributed by atoms with Crippen LogP contribution in [0.5, 0.6) is 5.75 Å². The van der Waals surface area contributed by atoms with Crippen LogP contribution in [0.15, 0.2) is 48.8 Å². The fourth-order valence-electron chi connectivity index (χ4n) is 3.67. The van der Waals surface area contributed by atoms with Crippen molar-refractivity contribution >= 4 is 38.7 Å². The quantitative estimate of drug-likeness (QED) is 0.410. The third-order valence-corrected chi connectivity index (χ3v) is 7.08. The van der Waals surface area contributed by atoms with Crippen LogP contribution in [0.25, 0.3) is 11.3 Å². The summed E-state index contributed by atoms with van der Waals surface area (Å²) in [7, 11) is -2.69. The predicted molar refractivity (Wildman–Crippen MR) is 125 cm³/mol. The first-order valence-electron chi connectivity index (χ1n) is 10.1. The molecule has 180 valence electrons. The average Bonchev–Trinajstić information content (AvgIpc) is 3.46. The number of amides is 1. The van der Waals surface area contributed by atoms with Crippen molar-refractivity contribution in [3.63, 3.8) is 0 Å². The maximum atomic E-state index is 12.8. The number of pyridine rings is 1. The van der Waals surface area contributed by atoms with Crippen molar-refractivity contribution in [1.82, 2.24) is 15.2 Å². The van der Waals surface area contributed by atoms with Gasteiger partial charge in [-0.05, 0) is 42.8 Å². The lowest BCUT2D eigenvalue weighted by molar-refractivity contribution is -0.0964. The number of nitrogens with one attached hydrogen (secondary N) is 3. The van der Waals surface area contributed by atoms with Gasteiger partial charge in [-0.3, -0.25) is 14.7 Å². The highest BCUT2D eigenvalue weighted by molar-refractivity contribution is 7.92. The van der Waals surface area contributed by atoms with Gasteiger partial charge in [0.1, 0.15) is 11.6 Å². The van der Waals surface area contributed by atoms with Gasteiger partial charge in [0.05, 0.1) is 16.5 Å². The Labute approximate surface area is 199 Å². The zero-order valence-corrected chi connectivity index (χ0v) is 19.5. The molecule has 3 aromatic rings. The molecule has 0 saturated carbocycles. The largest absolute Gasteiger partial charge is 0.487 e. The molecule has 1 aliphatic rings. The summed E-state index contributed by atoms with van der Waals surface area (Å²) in [6.45, 7) is 1.01. The number of anilines is 2. The Morgan fingerprint density at radius 2 is 2.09 bits per heavy atom. The third-order valence-electron chi connectivity index (χ3n) is 5.35. The van der Waals surface area contributed by atoms with Crippen molar-refractivity contribution in [2.75, 3.05) is 29.6 Å². The molecule has 9 nitrogen and oxygen atoms in total. The second-order valence-corrected chi connectivity index (χ2v) is 10.8. The van der Waals surface area contributed by atoms with Gasteiger partial charge in [-0.15, -0.1) is 8.78 Å². The Morgan fingerprint density at radius 3 is 2.68 bits per heavy atom. The Kier molecular flexibility index (Phi) is 6.45. The number of benzene rings is 1. The van der Waals surface area contributed by atoms with Crippen LogP contribution < -0.4 is 15.0 Å². The number of nitrogens with zero attached hydrogens (tertiary/aromatic N) is 3. The minimum absolute atomic E-state index is 0.154. The van der Waals surface area contributed by atoms with Crippen molar-refractivity contribution in [2.45, 2.75) is 17.2 Å². The van der Waals surface area contributed by atoms with Crippen molar-refractivity contribution in [1.29, 1.82) is 4.78 Å². The SMILES string of the molecule is CS(=N)(=O)[C@@H]1CCN(c2ncc(C(=O)Nc3ccc(OC(F)(F)Cl)cc3)cc2-c2ccn[nH]2)C1. The van der Waals surface area contributed by atoms with Crippen molar-refractivity contribution in [3.05, 3.63) is 54.4 Å². The highest BCUT2D eigenvalue weighted by Gasteiger charge is 2.31. The van der Waals surface area contributed by atoms with E-state index in [0.717, 1.165) is 0 Å². The highest BCUT2D eigenvalue weighted by Crippen LogP contribution is 2.32. The lowest BCUT2D eigenvalue weighted by Gasteiger charge is -2.21. The van der Waals surface area contributed by atoms with E-state index in [1.807, 2.05) is 4.90 Å². The van der Waals surface area contributed by atoms with Crippen LogP contribution in [-0.2, 0) is 9.73 Å². The number of H-pyrrole nitrogens is 1. The summed E-state index contributed by atoms with van der Waals surface area (Å²) in [6.07, 6.45) is 5.06. The number of rotatable bonds is 7. The maximum absolute atomic E-state index is 12.8. The topological polar surface area (TPSA) is 124 Å². The van der Waals surface area contributed by atoms with E-state index in [9.17, 15) is 17.8 Å². The number of halogens is 3. The number of carbonyl (C=O) groups excluding carboxylic acids is 1. The van der Waals surface area contributed by atoms with E-state index in [-0.39, 0.29) is 16.6 Å². The van der Waals surface area contributed by atoms with Crippen molar-refractivity contribution < 1.29 is 22.5 Å². The zero-order valence-electron chi connectivity index (χ0n) is 17.9. The molecule has 0 bridgehead atoms. The summed E-state index contributed by atoms with van der Waals surface area (Å²) in [5.74, 6) is -0.0215. The number of aromatic nitrogens is 3. The van der Waals surface area contributed by atoms with Gasteiger partial charge in [0.15, 0.2) is 0 Å². The summed E-state index contributed by atoms with van der Waals surface area (Å²) >= 11 is 4.75. The third kappa shape index (κ3) is 5.62. The number of alkyl halides is 3. The van der Waals surface area contributed by atoms with Gasteiger partial charge in [0.2, 0.25) is 0 Å². The van der Waals surface area contributed by atoms with Crippen LogP contribution in [-0.4, -0.2) is 55.5 Å².